The van der Waals surface area contributed by atoms with Crippen molar-refractivity contribution in [2.45, 2.75) is 39.7 Å². The second kappa shape index (κ2) is 9.22. The van der Waals surface area contributed by atoms with Gasteiger partial charge in [0.15, 0.2) is 5.69 Å². The highest BCUT2D eigenvalue weighted by Gasteiger charge is 2.19. The van der Waals surface area contributed by atoms with E-state index >= 15 is 0 Å². The number of hydrogen-bond donors (Lipinski definition) is 2. The van der Waals surface area contributed by atoms with E-state index in [1.54, 1.807) is 6.08 Å². The van der Waals surface area contributed by atoms with Gasteiger partial charge in [0.1, 0.15) is 0 Å². The molecule has 3 rings (SSSR count). The highest BCUT2D eigenvalue weighted by atomic mass is 35.5. The van der Waals surface area contributed by atoms with Gasteiger partial charge in [-0.3, -0.25) is 9.48 Å². The molecule has 0 bridgehead atoms. The minimum absolute atomic E-state index is 0.148. The first kappa shape index (κ1) is 20.4. The zero-order valence-electron chi connectivity index (χ0n) is 16.5. The topological polar surface area (TPSA) is 59.0 Å². The Labute approximate surface area is 171 Å². The van der Waals surface area contributed by atoms with Crippen LogP contribution in [0.5, 0.6) is 0 Å². The van der Waals surface area contributed by atoms with Gasteiger partial charge < -0.3 is 10.6 Å². The third-order valence-corrected chi connectivity index (χ3v) is 5.14. The molecule has 2 heterocycles. The second-order valence-corrected chi connectivity index (χ2v) is 7.75. The van der Waals surface area contributed by atoms with Crippen LogP contribution < -0.4 is 10.6 Å². The van der Waals surface area contributed by atoms with Crippen molar-refractivity contribution >= 4 is 17.5 Å². The fraction of sp³-hybridized carbons (Fsp3) is 0.364. The first-order valence-electron chi connectivity index (χ1n) is 9.59. The van der Waals surface area contributed by atoms with Gasteiger partial charge in [-0.1, -0.05) is 41.5 Å². The fourth-order valence-corrected chi connectivity index (χ4v) is 3.44. The number of halogens is 1. The zero-order valence-corrected chi connectivity index (χ0v) is 17.3. The summed E-state index contributed by atoms with van der Waals surface area (Å²) in [6.45, 7) is 10.1. The van der Waals surface area contributed by atoms with Crippen molar-refractivity contribution in [2.24, 2.45) is 0 Å². The SMILES string of the molecule is C=C(Cl)/C=C\C(C)=C\Cn1nc(C(=O)NC2=CC3=C(CC2)CNCC3)cc1C. The van der Waals surface area contributed by atoms with Crippen LogP contribution in [-0.4, -0.2) is 28.8 Å². The van der Waals surface area contributed by atoms with Gasteiger partial charge in [0.2, 0.25) is 0 Å². The van der Waals surface area contributed by atoms with Crippen LogP contribution in [0.3, 0.4) is 0 Å². The van der Waals surface area contributed by atoms with Gasteiger partial charge in [-0.25, -0.2) is 0 Å². The van der Waals surface area contributed by atoms with Crippen molar-refractivity contribution in [1.82, 2.24) is 20.4 Å². The van der Waals surface area contributed by atoms with Crippen LogP contribution in [0.1, 0.15) is 42.4 Å². The van der Waals surface area contributed by atoms with E-state index in [9.17, 15) is 4.79 Å². The second-order valence-electron chi connectivity index (χ2n) is 7.26. The molecule has 2 aliphatic rings. The van der Waals surface area contributed by atoms with E-state index < -0.39 is 0 Å². The lowest BCUT2D eigenvalue weighted by atomic mass is 9.91. The number of aryl methyl sites for hydroxylation is 1. The summed E-state index contributed by atoms with van der Waals surface area (Å²) >= 11 is 5.74. The molecule has 1 aromatic heterocycles. The van der Waals surface area contributed by atoms with E-state index in [2.05, 4.69) is 28.4 Å². The van der Waals surface area contributed by atoms with E-state index in [1.807, 2.05) is 36.7 Å². The summed E-state index contributed by atoms with van der Waals surface area (Å²) in [6.07, 6.45) is 10.7. The monoisotopic (exact) mass is 398 g/mol. The third-order valence-electron chi connectivity index (χ3n) is 5.01. The van der Waals surface area contributed by atoms with Gasteiger partial charge in [-0.2, -0.15) is 5.10 Å². The minimum Gasteiger partial charge on any atom is -0.324 e. The fourth-order valence-electron chi connectivity index (χ4n) is 3.38. The number of carbonyl (C=O) groups is 1. The van der Waals surface area contributed by atoms with Crippen molar-refractivity contribution < 1.29 is 4.79 Å². The van der Waals surface area contributed by atoms with Gasteiger partial charge in [-0.15, -0.1) is 0 Å². The lowest BCUT2D eigenvalue weighted by Gasteiger charge is -2.25. The van der Waals surface area contributed by atoms with Crippen LogP contribution in [0.25, 0.3) is 0 Å². The van der Waals surface area contributed by atoms with Crippen molar-refractivity contribution in [3.63, 3.8) is 0 Å². The number of allylic oxidation sites excluding steroid dienone is 7. The average molecular weight is 399 g/mol. The van der Waals surface area contributed by atoms with Gasteiger partial charge in [-0.05, 0) is 63.4 Å². The smallest absolute Gasteiger partial charge is 0.275 e. The predicted octanol–water partition coefficient (Wildman–Crippen LogP) is 4.14. The van der Waals surface area contributed by atoms with Gasteiger partial charge in [0, 0.05) is 23.0 Å². The number of hydrogen-bond acceptors (Lipinski definition) is 3. The molecule has 6 heteroatoms. The molecule has 0 radical (unpaired) electrons. The molecule has 1 aliphatic heterocycles. The summed E-state index contributed by atoms with van der Waals surface area (Å²) in [5.74, 6) is -0.148. The highest BCUT2D eigenvalue weighted by Crippen LogP contribution is 2.26. The van der Waals surface area contributed by atoms with Crippen LogP contribution in [0.4, 0.5) is 0 Å². The molecule has 148 valence electrons. The van der Waals surface area contributed by atoms with Crippen LogP contribution in [0.15, 0.2) is 64.4 Å². The van der Waals surface area contributed by atoms with Gasteiger partial charge in [0.05, 0.1) is 6.54 Å². The lowest BCUT2D eigenvalue weighted by molar-refractivity contribution is 0.0958. The maximum absolute atomic E-state index is 12.6. The molecule has 0 aromatic carbocycles. The molecule has 0 atom stereocenters. The maximum atomic E-state index is 12.6. The molecule has 2 N–H and O–H groups in total. The molecule has 28 heavy (non-hydrogen) atoms. The molecular formula is C22H27ClN4O. The molecule has 0 spiro atoms. The summed E-state index contributed by atoms with van der Waals surface area (Å²) in [7, 11) is 0. The Morgan fingerprint density at radius 3 is 3.00 bits per heavy atom. The van der Waals surface area contributed by atoms with E-state index in [0.717, 1.165) is 49.3 Å². The Morgan fingerprint density at radius 2 is 2.21 bits per heavy atom. The first-order chi connectivity index (χ1) is 13.4. The molecule has 0 saturated carbocycles. The molecule has 0 unspecified atom stereocenters. The number of aromatic nitrogens is 2. The molecule has 0 saturated heterocycles. The quantitative estimate of drug-likeness (QED) is 0.708. The Morgan fingerprint density at radius 1 is 1.39 bits per heavy atom. The van der Waals surface area contributed by atoms with Crippen LogP contribution in [0, 0.1) is 6.92 Å². The minimum atomic E-state index is -0.148. The largest absolute Gasteiger partial charge is 0.324 e. The molecule has 1 amide bonds. The summed E-state index contributed by atoms with van der Waals surface area (Å²) in [6, 6.07) is 1.83. The predicted molar refractivity (Wildman–Crippen MR) is 114 cm³/mol. The van der Waals surface area contributed by atoms with Crippen LogP contribution >= 0.6 is 11.6 Å². The van der Waals surface area contributed by atoms with E-state index in [1.165, 1.54) is 11.1 Å². The van der Waals surface area contributed by atoms with Gasteiger partial charge in [0.25, 0.3) is 5.91 Å². The summed E-state index contributed by atoms with van der Waals surface area (Å²) < 4.78 is 1.82. The normalized spacial score (nSPS) is 17.5. The van der Waals surface area contributed by atoms with Crippen molar-refractivity contribution in [3.05, 3.63) is 75.8 Å². The summed E-state index contributed by atoms with van der Waals surface area (Å²) in [5, 5.41) is 11.4. The Hall–Kier alpha value is -2.37. The van der Waals surface area contributed by atoms with Crippen LogP contribution in [-0.2, 0) is 6.54 Å². The van der Waals surface area contributed by atoms with Gasteiger partial charge >= 0.3 is 0 Å². The number of rotatable bonds is 6. The number of nitrogens with one attached hydrogen (secondary N) is 2. The van der Waals surface area contributed by atoms with Crippen molar-refractivity contribution in [3.8, 4) is 0 Å². The Balaban J connectivity index is 1.65. The molecular weight excluding hydrogens is 372 g/mol. The number of amides is 1. The Kier molecular flexibility index (Phi) is 6.70. The summed E-state index contributed by atoms with van der Waals surface area (Å²) in [4.78, 5) is 12.6. The number of carbonyl (C=O) groups excluding carboxylic acids is 1. The molecule has 5 nitrogen and oxygen atoms in total. The number of nitrogens with zero attached hydrogens (tertiary/aromatic N) is 2. The van der Waals surface area contributed by atoms with Crippen molar-refractivity contribution in [2.75, 3.05) is 13.1 Å². The maximum Gasteiger partial charge on any atom is 0.275 e. The van der Waals surface area contributed by atoms with E-state index in [4.69, 9.17) is 11.6 Å². The average Bonchev–Trinajstić information content (AvgIpc) is 3.05. The Bertz CT molecular complexity index is 902. The highest BCUT2D eigenvalue weighted by molar-refractivity contribution is 6.30. The third kappa shape index (κ3) is 5.33. The van der Waals surface area contributed by atoms with Crippen LogP contribution in [0.2, 0.25) is 0 Å². The lowest BCUT2D eigenvalue weighted by Crippen LogP contribution is -2.29. The van der Waals surface area contributed by atoms with Crippen molar-refractivity contribution in [1.29, 1.82) is 0 Å². The first-order valence-corrected chi connectivity index (χ1v) is 9.97. The summed E-state index contributed by atoms with van der Waals surface area (Å²) in [5.41, 5.74) is 6.27. The zero-order chi connectivity index (χ0) is 20.1. The molecule has 1 aromatic rings. The van der Waals surface area contributed by atoms with E-state index in [0.29, 0.717) is 17.3 Å². The molecule has 1 aliphatic carbocycles. The van der Waals surface area contributed by atoms with E-state index in [-0.39, 0.29) is 5.91 Å². The molecule has 0 fully saturated rings. The standard InChI is InChI=1S/C22H27ClN4O/c1-15(4-5-16(2)23)9-11-27-17(3)12-21(26-27)22(28)25-20-7-6-19-14-24-10-8-18(19)13-20/h4-5,9,12-13,24H,2,6-8,10-11,14H2,1,3H3,(H,25,28)/b5-4-,15-9+.